The summed E-state index contributed by atoms with van der Waals surface area (Å²) in [6.07, 6.45) is 2.30. The first kappa shape index (κ1) is 10.5. The van der Waals surface area contributed by atoms with E-state index in [1.165, 1.54) is 0 Å². The van der Waals surface area contributed by atoms with Crippen molar-refractivity contribution in [1.29, 1.82) is 0 Å². The molecule has 4 heteroatoms. The maximum atomic E-state index is 10.2. The molecule has 1 amide bonds. The van der Waals surface area contributed by atoms with Crippen LogP contribution in [0, 0.1) is 0 Å². The van der Waals surface area contributed by atoms with Crippen molar-refractivity contribution < 1.29 is 4.79 Å². The van der Waals surface area contributed by atoms with Gasteiger partial charge in [-0.3, -0.25) is 4.79 Å². The fourth-order valence-corrected chi connectivity index (χ4v) is 1.27. The fourth-order valence-electron chi connectivity index (χ4n) is 1.27. The Hall–Kier alpha value is -1.58. The van der Waals surface area contributed by atoms with Gasteiger partial charge in [0.2, 0.25) is 6.41 Å². The summed E-state index contributed by atoms with van der Waals surface area (Å²) in [5.41, 5.74) is 0.718. The molecule has 0 saturated heterocycles. The molecule has 76 valence electrons. The van der Waals surface area contributed by atoms with Crippen molar-refractivity contribution in [2.75, 3.05) is 23.3 Å². The Kier molecular flexibility index (Phi) is 3.91. The summed E-state index contributed by atoms with van der Waals surface area (Å²) in [7, 11) is 0. The molecule has 0 saturated carbocycles. The number of anilines is 2. The second kappa shape index (κ2) is 5.21. The lowest BCUT2D eigenvalue weighted by atomic mass is 10.3. The van der Waals surface area contributed by atoms with Gasteiger partial charge in [-0.05, 0) is 26.0 Å². The van der Waals surface area contributed by atoms with Crippen LogP contribution in [0.25, 0.3) is 0 Å². The highest BCUT2D eigenvalue weighted by Crippen LogP contribution is 2.12. The molecular weight excluding hydrogens is 178 g/mol. The first-order valence-electron chi connectivity index (χ1n) is 4.73. The number of carbonyl (C=O) groups excluding carboxylic acids is 1. The van der Waals surface area contributed by atoms with Gasteiger partial charge in [-0.15, -0.1) is 0 Å². The number of hydrogen-bond acceptors (Lipinski definition) is 3. The third-order valence-corrected chi connectivity index (χ3v) is 2.06. The van der Waals surface area contributed by atoms with Crippen molar-refractivity contribution in [2.24, 2.45) is 0 Å². The maximum Gasteiger partial charge on any atom is 0.211 e. The van der Waals surface area contributed by atoms with Crippen molar-refractivity contribution >= 4 is 17.9 Å². The molecule has 0 aliphatic rings. The van der Waals surface area contributed by atoms with E-state index in [4.69, 9.17) is 0 Å². The minimum Gasteiger partial charge on any atom is -0.357 e. The van der Waals surface area contributed by atoms with E-state index in [-0.39, 0.29) is 0 Å². The zero-order valence-electron chi connectivity index (χ0n) is 8.53. The van der Waals surface area contributed by atoms with Gasteiger partial charge in [0.1, 0.15) is 5.82 Å². The third kappa shape index (κ3) is 2.45. The zero-order chi connectivity index (χ0) is 10.4. The van der Waals surface area contributed by atoms with Crippen LogP contribution in [0.5, 0.6) is 0 Å². The average Bonchev–Trinajstić information content (AvgIpc) is 2.23. The number of pyridine rings is 1. The van der Waals surface area contributed by atoms with Crippen LogP contribution < -0.4 is 10.2 Å². The van der Waals surface area contributed by atoms with Crippen molar-refractivity contribution in [1.82, 2.24) is 4.98 Å². The lowest BCUT2D eigenvalue weighted by molar-refractivity contribution is -0.105. The second-order valence-corrected chi connectivity index (χ2v) is 2.84. The molecule has 0 aliphatic carbocycles. The minimum atomic E-state index is 0.647. The molecule has 0 fully saturated rings. The number of carbonyl (C=O) groups is 1. The van der Waals surface area contributed by atoms with Crippen LogP contribution in [0.3, 0.4) is 0 Å². The number of aromatic nitrogens is 1. The summed E-state index contributed by atoms with van der Waals surface area (Å²) < 4.78 is 0. The number of nitrogens with one attached hydrogen (secondary N) is 1. The largest absolute Gasteiger partial charge is 0.357 e. The number of amides is 1. The van der Waals surface area contributed by atoms with Crippen molar-refractivity contribution in [3.63, 3.8) is 0 Å². The topological polar surface area (TPSA) is 45.2 Å². The minimum absolute atomic E-state index is 0.647. The van der Waals surface area contributed by atoms with Gasteiger partial charge in [0.15, 0.2) is 0 Å². The Morgan fingerprint density at radius 1 is 1.43 bits per heavy atom. The van der Waals surface area contributed by atoms with E-state index in [2.05, 4.69) is 29.0 Å². The van der Waals surface area contributed by atoms with E-state index in [1.54, 1.807) is 6.20 Å². The summed E-state index contributed by atoms with van der Waals surface area (Å²) >= 11 is 0. The predicted octanol–water partition coefficient (Wildman–Crippen LogP) is 1.50. The van der Waals surface area contributed by atoms with E-state index >= 15 is 0 Å². The van der Waals surface area contributed by atoms with Crippen LogP contribution in [-0.4, -0.2) is 24.5 Å². The lowest BCUT2D eigenvalue weighted by Gasteiger charge is -2.19. The molecule has 1 aromatic heterocycles. The summed E-state index contributed by atoms with van der Waals surface area (Å²) in [6.45, 7) is 6.04. The van der Waals surface area contributed by atoms with Crippen LogP contribution in [-0.2, 0) is 4.79 Å². The summed E-state index contributed by atoms with van der Waals surface area (Å²) in [6, 6.07) is 3.74. The molecule has 1 rings (SSSR count). The van der Waals surface area contributed by atoms with Gasteiger partial charge < -0.3 is 10.2 Å². The molecule has 1 N–H and O–H groups in total. The van der Waals surface area contributed by atoms with Gasteiger partial charge in [-0.2, -0.15) is 0 Å². The number of hydrogen-bond donors (Lipinski definition) is 1. The van der Waals surface area contributed by atoms with Gasteiger partial charge in [0.25, 0.3) is 0 Å². The monoisotopic (exact) mass is 193 g/mol. The second-order valence-electron chi connectivity index (χ2n) is 2.84. The molecule has 0 aromatic carbocycles. The Labute approximate surface area is 83.9 Å². The standard InChI is InChI=1S/C10H15N3O/c1-3-13(4-2)10-6-5-9(7-11-10)12-8-14/h5-8H,3-4H2,1-2H3,(H,12,14). The van der Waals surface area contributed by atoms with Crippen molar-refractivity contribution in [2.45, 2.75) is 13.8 Å². The van der Waals surface area contributed by atoms with Crippen LogP contribution in [0.1, 0.15) is 13.8 Å². The highest BCUT2D eigenvalue weighted by Gasteiger charge is 2.01. The van der Waals surface area contributed by atoms with Gasteiger partial charge >= 0.3 is 0 Å². The van der Waals surface area contributed by atoms with E-state index in [0.717, 1.165) is 24.6 Å². The first-order chi connectivity index (χ1) is 6.81. The van der Waals surface area contributed by atoms with Gasteiger partial charge in [0, 0.05) is 13.1 Å². The third-order valence-electron chi connectivity index (χ3n) is 2.06. The highest BCUT2D eigenvalue weighted by atomic mass is 16.1. The summed E-state index contributed by atoms with van der Waals surface area (Å²) in [5, 5.41) is 2.55. The number of nitrogens with zero attached hydrogens (tertiary/aromatic N) is 2. The smallest absolute Gasteiger partial charge is 0.211 e. The van der Waals surface area contributed by atoms with Gasteiger partial charge in [0.05, 0.1) is 11.9 Å². The Morgan fingerprint density at radius 3 is 2.57 bits per heavy atom. The quantitative estimate of drug-likeness (QED) is 0.721. The molecule has 0 aliphatic heterocycles. The van der Waals surface area contributed by atoms with E-state index in [0.29, 0.717) is 6.41 Å². The first-order valence-corrected chi connectivity index (χ1v) is 4.73. The molecule has 1 heterocycles. The molecule has 0 atom stereocenters. The van der Waals surface area contributed by atoms with E-state index in [1.807, 2.05) is 12.1 Å². The summed E-state index contributed by atoms with van der Waals surface area (Å²) in [5.74, 6) is 0.937. The molecule has 14 heavy (non-hydrogen) atoms. The SMILES string of the molecule is CCN(CC)c1ccc(NC=O)cn1. The maximum absolute atomic E-state index is 10.2. The molecule has 4 nitrogen and oxygen atoms in total. The van der Waals surface area contributed by atoms with Crippen LogP contribution >= 0.6 is 0 Å². The molecule has 0 radical (unpaired) electrons. The molecule has 1 aromatic rings. The highest BCUT2D eigenvalue weighted by molar-refractivity contribution is 5.70. The Bertz CT molecular complexity index is 280. The predicted molar refractivity (Wildman–Crippen MR) is 57.5 cm³/mol. The number of rotatable bonds is 5. The lowest BCUT2D eigenvalue weighted by Crippen LogP contribution is -2.22. The molecule has 0 unspecified atom stereocenters. The average molecular weight is 193 g/mol. The molecule has 0 bridgehead atoms. The molecular formula is C10H15N3O. The van der Waals surface area contributed by atoms with Crippen LogP contribution in [0.4, 0.5) is 11.5 Å². The van der Waals surface area contributed by atoms with Gasteiger partial charge in [-0.25, -0.2) is 4.98 Å². The zero-order valence-corrected chi connectivity index (χ0v) is 8.53. The van der Waals surface area contributed by atoms with Crippen LogP contribution in [0.2, 0.25) is 0 Å². The fraction of sp³-hybridized carbons (Fsp3) is 0.400. The molecule has 0 spiro atoms. The van der Waals surface area contributed by atoms with Crippen LogP contribution in [0.15, 0.2) is 18.3 Å². The van der Waals surface area contributed by atoms with E-state index < -0.39 is 0 Å². The van der Waals surface area contributed by atoms with Crippen molar-refractivity contribution in [3.05, 3.63) is 18.3 Å². The summed E-state index contributed by atoms with van der Waals surface area (Å²) in [4.78, 5) is 16.5. The Balaban J connectivity index is 2.76. The van der Waals surface area contributed by atoms with Gasteiger partial charge in [-0.1, -0.05) is 0 Å². The van der Waals surface area contributed by atoms with Crippen molar-refractivity contribution in [3.8, 4) is 0 Å². The van der Waals surface area contributed by atoms with E-state index in [9.17, 15) is 4.79 Å². The normalized spacial score (nSPS) is 9.57. The Morgan fingerprint density at radius 2 is 2.14 bits per heavy atom.